The second kappa shape index (κ2) is 6.76. The lowest BCUT2D eigenvalue weighted by molar-refractivity contribution is 0.575. The minimum atomic E-state index is 0.237. The zero-order chi connectivity index (χ0) is 13.8. The maximum absolute atomic E-state index is 6.15. The van der Waals surface area contributed by atoms with E-state index < -0.39 is 0 Å². The van der Waals surface area contributed by atoms with Crippen molar-refractivity contribution < 1.29 is 0 Å². The largest absolute Gasteiger partial charge is 0.306 e. The number of halogens is 3. The SMILES string of the molecule is C[C@H](NCc1c(Cl)cccc1Cl)c1ccc(Br)cc1. The summed E-state index contributed by atoms with van der Waals surface area (Å²) in [6.45, 7) is 2.77. The first-order valence-corrected chi connectivity index (χ1v) is 7.54. The maximum Gasteiger partial charge on any atom is 0.0465 e. The fourth-order valence-electron chi connectivity index (χ4n) is 1.83. The van der Waals surface area contributed by atoms with Crippen molar-refractivity contribution in [1.82, 2.24) is 5.32 Å². The van der Waals surface area contributed by atoms with Crippen LogP contribution in [-0.2, 0) is 6.54 Å². The van der Waals surface area contributed by atoms with E-state index in [0.29, 0.717) is 16.6 Å². The second-order valence-corrected chi connectivity index (χ2v) is 6.08. The highest BCUT2D eigenvalue weighted by Crippen LogP contribution is 2.25. The van der Waals surface area contributed by atoms with E-state index in [1.165, 1.54) is 5.56 Å². The van der Waals surface area contributed by atoms with Crippen molar-refractivity contribution in [2.75, 3.05) is 0 Å². The van der Waals surface area contributed by atoms with Gasteiger partial charge in [0.15, 0.2) is 0 Å². The van der Waals surface area contributed by atoms with Gasteiger partial charge in [0.25, 0.3) is 0 Å². The predicted octanol–water partition coefficient (Wildman–Crippen LogP) is 5.61. The fourth-order valence-corrected chi connectivity index (χ4v) is 2.62. The van der Waals surface area contributed by atoms with E-state index in [4.69, 9.17) is 23.2 Å². The van der Waals surface area contributed by atoms with Crippen LogP contribution in [0.2, 0.25) is 10.0 Å². The summed E-state index contributed by atoms with van der Waals surface area (Å²) in [5.41, 5.74) is 2.17. The molecule has 2 aromatic rings. The smallest absolute Gasteiger partial charge is 0.0465 e. The molecule has 1 atom stereocenters. The van der Waals surface area contributed by atoms with Crippen molar-refractivity contribution >= 4 is 39.1 Å². The van der Waals surface area contributed by atoms with Gasteiger partial charge in [-0.25, -0.2) is 0 Å². The van der Waals surface area contributed by atoms with Crippen molar-refractivity contribution in [3.63, 3.8) is 0 Å². The molecule has 0 fully saturated rings. The highest BCUT2D eigenvalue weighted by molar-refractivity contribution is 9.10. The van der Waals surface area contributed by atoms with E-state index in [1.807, 2.05) is 30.3 Å². The second-order valence-electron chi connectivity index (χ2n) is 4.35. The van der Waals surface area contributed by atoms with Crippen molar-refractivity contribution in [2.24, 2.45) is 0 Å². The molecule has 0 bridgehead atoms. The van der Waals surface area contributed by atoms with Gasteiger partial charge in [-0.3, -0.25) is 0 Å². The average Bonchev–Trinajstić information content (AvgIpc) is 2.38. The molecular weight excluding hydrogens is 345 g/mol. The van der Waals surface area contributed by atoms with Gasteiger partial charge in [-0.05, 0) is 36.8 Å². The number of benzene rings is 2. The Hall–Kier alpha value is -0.540. The molecule has 2 aromatic carbocycles. The van der Waals surface area contributed by atoms with Crippen LogP contribution in [0.3, 0.4) is 0 Å². The summed E-state index contributed by atoms with van der Waals surface area (Å²) in [5.74, 6) is 0. The van der Waals surface area contributed by atoms with Gasteiger partial charge in [-0.2, -0.15) is 0 Å². The zero-order valence-electron chi connectivity index (χ0n) is 10.5. The third-order valence-electron chi connectivity index (χ3n) is 3.02. The van der Waals surface area contributed by atoms with E-state index in [-0.39, 0.29) is 6.04 Å². The topological polar surface area (TPSA) is 12.0 Å². The Balaban J connectivity index is 2.04. The Kier molecular flexibility index (Phi) is 5.28. The minimum Gasteiger partial charge on any atom is -0.306 e. The van der Waals surface area contributed by atoms with Crippen LogP contribution in [0.4, 0.5) is 0 Å². The van der Waals surface area contributed by atoms with Gasteiger partial charge in [0.1, 0.15) is 0 Å². The molecule has 0 aliphatic heterocycles. The zero-order valence-corrected chi connectivity index (χ0v) is 13.6. The molecule has 4 heteroatoms. The van der Waals surface area contributed by atoms with Crippen LogP contribution in [0, 0.1) is 0 Å². The number of hydrogen-bond acceptors (Lipinski definition) is 1. The van der Waals surface area contributed by atoms with Crippen molar-refractivity contribution in [3.8, 4) is 0 Å². The molecule has 0 radical (unpaired) electrons. The van der Waals surface area contributed by atoms with Crippen LogP contribution < -0.4 is 5.32 Å². The minimum absolute atomic E-state index is 0.237. The summed E-state index contributed by atoms with van der Waals surface area (Å²) in [6.07, 6.45) is 0. The average molecular weight is 359 g/mol. The van der Waals surface area contributed by atoms with Crippen LogP contribution in [-0.4, -0.2) is 0 Å². The lowest BCUT2D eigenvalue weighted by Gasteiger charge is -2.15. The third-order valence-corrected chi connectivity index (χ3v) is 4.25. The summed E-state index contributed by atoms with van der Waals surface area (Å²) >= 11 is 15.7. The van der Waals surface area contributed by atoms with E-state index in [9.17, 15) is 0 Å². The highest BCUT2D eigenvalue weighted by atomic mass is 79.9. The Morgan fingerprint density at radius 1 is 1.05 bits per heavy atom. The summed E-state index contributed by atoms with van der Waals surface area (Å²) in [4.78, 5) is 0. The van der Waals surface area contributed by atoms with Gasteiger partial charge in [-0.15, -0.1) is 0 Å². The molecule has 0 saturated carbocycles. The molecule has 1 N–H and O–H groups in total. The summed E-state index contributed by atoms with van der Waals surface area (Å²) in [5, 5.41) is 4.83. The molecule has 100 valence electrons. The first-order valence-electron chi connectivity index (χ1n) is 5.99. The molecule has 0 amide bonds. The van der Waals surface area contributed by atoms with Crippen molar-refractivity contribution in [1.29, 1.82) is 0 Å². The van der Waals surface area contributed by atoms with Crippen LogP contribution in [0.25, 0.3) is 0 Å². The first kappa shape index (κ1) is 14.9. The normalized spacial score (nSPS) is 12.4. The van der Waals surface area contributed by atoms with Crippen LogP contribution in [0.1, 0.15) is 24.1 Å². The van der Waals surface area contributed by atoms with E-state index in [2.05, 4.69) is 40.3 Å². The van der Waals surface area contributed by atoms with Gasteiger partial charge in [-0.1, -0.05) is 57.3 Å². The maximum atomic E-state index is 6.15. The van der Waals surface area contributed by atoms with Crippen molar-refractivity contribution in [2.45, 2.75) is 19.5 Å². The number of nitrogens with one attached hydrogen (secondary N) is 1. The quantitative estimate of drug-likeness (QED) is 0.749. The first-order chi connectivity index (χ1) is 9.08. The number of rotatable bonds is 4. The molecule has 1 nitrogen and oxygen atoms in total. The van der Waals surface area contributed by atoms with Gasteiger partial charge in [0.2, 0.25) is 0 Å². The monoisotopic (exact) mass is 357 g/mol. The molecule has 19 heavy (non-hydrogen) atoms. The van der Waals surface area contributed by atoms with Crippen LogP contribution in [0.5, 0.6) is 0 Å². The Morgan fingerprint density at radius 2 is 1.63 bits per heavy atom. The molecule has 2 rings (SSSR count). The summed E-state index contributed by atoms with van der Waals surface area (Å²) in [7, 11) is 0. The molecule has 0 aliphatic rings. The molecule has 0 heterocycles. The van der Waals surface area contributed by atoms with Gasteiger partial charge in [0, 0.05) is 32.7 Å². The Bertz CT molecular complexity index is 534. The third kappa shape index (κ3) is 3.96. The highest BCUT2D eigenvalue weighted by Gasteiger charge is 2.08. The molecule has 0 aliphatic carbocycles. The van der Waals surface area contributed by atoms with Gasteiger partial charge in [0.05, 0.1) is 0 Å². The van der Waals surface area contributed by atoms with E-state index >= 15 is 0 Å². The van der Waals surface area contributed by atoms with Crippen molar-refractivity contribution in [3.05, 3.63) is 68.1 Å². The standard InChI is InChI=1S/C15H14BrCl2N/c1-10(11-5-7-12(16)8-6-11)19-9-13-14(17)3-2-4-15(13)18/h2-8,10,19H,9H2,1H3/t10-/m0/s1. The molecule has 0 aromatic heterocycles. The Labute approximate surface area is 132 Å². The molecular formula is C15H14BrCl2N. The summed E-state index contributed by atoms with van der Waals surface area (Å²) < 4.78 is 1.08. The summed E-state index contributed by atoms with van der Waals surface area (Å²) in [6, 6.07) is 14.1. The lowest BCUT2D eigenvalue weighted by atomic mass is 10.1. The molecule has 0 saturated heterocycles. The fraction of sp³-hybridized carbons (Fsp3) is 0.200. The predicted molar refractivity (Wildman–Crippen MR) is 85.9 cm³/mol. The van der Waals surface area contributed by atoms with E-state index in [0.717, 1.165) is 10.0 Å². The molecule has 0 unspecified atom stereocenters. The lowest BCUT2D eigenvalue weighted by Crippen LogP contribution is -2.18. The Morgan fingerprint density at radius 3 is 2.21 bits per heavy atom. The van der Waals surface area contributed by atoms with Crippen LogP contribution in [0.15, 0.2) is 46.9 Å². The van der Waals surface area contributed by atoms with Gasteiger partial charge < -0.3 is 5.32 Å². The van der Waals surface area contributed by atoms with E-state index in [1.54, 1.807) is 0 Å². The molecule has 0 spiro atoms. The van der Waals surface area contributed by atoms with Gasteiger partial charge >= 0.3 is 0 Å². The van der Waals surface area contributed by atoms with Crippen LogP contribution >= 0.6 is 39.1 Å². The number of hydrogen-bond donors (Lipinski definition) is 1.